The number of hydrogen-bond donors (Lipinski definition) is 2. The summed E-state index contributed by atoms with van der Waals surface area (Å²) in [5.41, 5.74) is 0.977. The zero-order valence-corrected chi connectivity index (χ0v) is 8.97. The summed E-state index contributed by atoms with van der Waals surface area (Å²) in [4.78, 5) is 15.2. The van der Waals surface area contributed by atoms with Gasteiger partial charge < -0.3 is 15.0 Å². The van der Waals surface area contributed by atoms with Crippen molar-refractivity contribution in [3.8, 4) is 5.88 Å². The summed E-state index contributed by atoms with van der Waals surface area (Å²) in [5, 5.41) is 3.07. The number of nitrogens with one attached hydrogen (secondary N) is 2. The largest absolute Gasteiger partial charge is 0.478 e. The first kappa shape index (κ1) is 10.4. The van der Waals surface area contributed by atoms with Crippen molar-refractivity contribution in [3.05, 3.63) is 30.5 Å². The van der Waals surface area contributed by atoms with Crippen LogP contribution in [0, 0.1) is 0 Å². The highest BCUT2D eigenvalue weighted by molar-refractivity contribution is 5.28. The molecule has 2 N–H and O–H groups in total. The van der Waals surface area contributed by atoms with Gasteiger partial charge in [-0.1, -0.05) is 0 Å². The van der Waals surface area contributed by atoms with Crippen molar-refractivity contribution >= 4 is 5.95 Å². The Kier molecular flexibility index (Phi) is 3.32. The Morgan fingerprint density at radius 3 is 3.19 bits per heavy atom. The van der Waals surface area contributed by atoms with Gasteiger partial charge in [0.2, 0.25) is 11.8 Å². The highest BCUT2D eigenvalue weighted by Crippen LogP contribution is 2.08. The number of anilines is 1. The van der Waals surface area contributed by atoms with Crippen molar-refractivity contribution < 1.29 is 4.74 Å². The molecule has 2 aromatic rings. The second-order valence-corrected chi connectivity index (χ2v) is 3.08. The molecule has 6 heteroatoms. The molecule has 16 heavy (non-hydrogen) atoms. The molecule has 6 nitrogen and oxygen atoms in total. The number of nitrogens with zero attached hydrogens (tertiary/aromatic N) is 3. The van der Waals surface area contributed by atoms with E-state index in [1.807, 2.05) is 6.92 Å². The van der Waals surface area contributed by atoms with E-state index in [0.29, 0.717) is 25.0 Å². The molecule has 2 aromatic heterocycles. The molecule has 84 valence electrons. The molecule has 2 heterocycles. The van der Waals surface area contributed by atoms with Crippen LogP contribution < -0.4 is 10.1 Å². The number of rotatable bonds is 5. The van der Waals surface area contributed by atoms with Gasteiger partial charge in [0, 0.05) is 18.5 Å². The molecule has 0 radical (unpaired) electrons. The summed E-state index contributed by atoms with van der Waals surface area (Å²) >= 11 is 0. The standard InChI is InChI=1S/C10H13N5O/c1-2-16-9-3-4-12-10(15-9)13-6-8-5-11-7-14-8/h3-5,7H,2,6H2,1H3,(H,11,14)(H,12,13,15). The second-order valence-electron chi connectivity index (χ2n) is 3.08. The van der Waals surface area contributed by atoms with Gasteiger partial charge in [-0.25, -0.2) is 9.97 Å². The molecule has 0 unspecified atom stereocenters. The SMILES string of the molecule is CCOc1ccnc(NCc2cnc[nH]2)n1. The van der Waals surface area contributed by atoms with Crippen molar-refractivity contribution in [2.75, 3.05) is 11.9 Å². The Bertz CT molecular complexity index is 429. The van der Waals surface area contributed by atoms with Crippen LogP contribution in [-0.2, 0) is 6.54 Å². The molecule has 0 atom stereocenters. The summed E-state index contributed by atoms with van der Waals surface area (Å²) in [7, 11) is 0. The lowest BCUT2D eigenvalue weighted by atomic mass is 10.5. The van der Waals surface area contributed by atoms with E-state index >= 15 is 0 Å². The Balaban J connectivity index is 1.96. The fourth-order valence-electron chi connectivity index (χ4n) is 1.21. The molecule has 0 aliphatic carbocycles. The molecular formula is C10H13N5O. The van der Waals surface area contributed by atoms with Crippen molar-refractivity contribution in [2.45, 2.75) is 13.5 Å². The van der Waals surface area contributed by atoms with Gasteiger partial charge in [-0.2, -0.15) is 4.98 Å². The van der Waals surface area contributed by atoms with Crippen LogP contribution in [0.25, 0.3) is 0 Å². The highest BCUT2D eigenvalue weighted by Gasteiger charge is 1.99. The van der Waals surface area contributed by atoms with Gasteiger partial charge in [0.05, 0.1) is 25.2 Å². The van der Waals surface area contributed by atoms with Gasteiger partial charge in [0.15, 0.2) is 0 Å². The maximum atomic E-state index is 5.27. The normalized spacial score (nSPS) is 10.1. The van der Waals surface area contributed by atoms with Crippen LogP contribution in [0.5, 0.6) is 5.88 Å². The third-order valence-electron chi connectivity index (χ3n) is 1.91. The fourth-order valence-corrected chi connectivity index (χ4v) is 1.21. The van der Waals surface area contributed by atoms with Crippen LogP contribution in [0.4, 0.5) is 5.95 Å². The number of imidazole rings is 1. The van der Waals surface area contributed by atoms with E-state index < -0.39 is 0 Å². The summed E-state index contributed by atoms with van der Waals surface area (Å²) in [6.45, 7) is 3.12. The minimum absolute atomic E-state index is 0.542. The third-order valence-corrected chi connectivity index (χ3v) is 1.91. The molecule has 0 amide bonds. The van der Waals surface area contributed by atoms with Crippen LogP contribution in [0.1, 0.15) is 12.6 Å². The average Bonchev–Trinajstić information content (AvgIpc) is 2.80. The molecular weight excluding hydrogens is 206 g/mol. The van der Waals surface area contributed by atoms with Gasteiger partial charge in [-0.15, -0.1) is 0 Å². The van der Waals surface area contributed by atoms with Crippen LogP contribution in [0.3, 0.4) is 0 Å². The van der Waals surface area contributed by atoms with E-state index in [1.165, 1.54) is 0 Å². The minimum atomic E-state index is 0.542. The molecule has 0 aliphatic rings. The number of aromatic amines is 1. The fraction of sp³-hybridized carbons (Fsp3) is 0.300. The van der Waals surface area contributed by atoms with Crippen LogP contribution in [0.2, 0.25) is 0 Å². The third kappa shape index (κ3) is 2.69. The summed E-state index contributed by atoms with van der Waals surface area (Å²) < 4.78 is 5.27. The molecule has 0 saturated heterocycles. The molecule has 0 spiro atoms. The van der Waals surface area contributed by atoms with Crippen molar-refractivity contribution in [1.29, 1.82) is 0 Å². The molecule has 0 saturated carbocycles. The lowest BCUT2D eigenvalue weighted by Crippen LogP contribution is -2.05. The van der Waals surface area contributed by atoms with E-state index in [1.54, 1.807) is 24.8 Å². The van der Waals surface area contributed by atoms with Crippen molar-refractivity contribution in [1.82, 2.24) is 19.9 Å². The monoisotopic (exact) mass is 219 g/mol. The average molecular weight is 219 g/mol. The Morgan fingerprint density at radius 2 is 2.44 bits per heavy atom. The van der Waals surface area contributed by atoms with Crippen molar-refractivity contribution in [2.24, 2.45) is 0 Å². The molecule has 0 aromatic carbocycles. The van der Waals surface area contributed by atoms with Gasteiger partial charge >= 0.3 is 0 Å². The van der Waals surface area contributed by atoms with Gasteiger partial charge in [-0.3, -0.25) is 0 Å². The van der Waals surface area contributed by atoms with Gasteiger partial charge in [-0.05, 0) is 6.92 Å². The quantitative estimate of drug-likeness (QED) is 0.790. The highest BCUT2D eigenvalue weighted by atomic mass is 16.5. The first-order valence-corrected chi connectivity index (χ1v) is 5.05. The van der Waals surface area contributed by atoms with E-state index in [-0.39, 0.29) is 0 Å². The minimum Gasteiger partial charge on any atom is -0.478 e. The summed E-state index contributed by atoms with van der Waals surface area (Å²) in [6.07, 6.45) is 5.04. The van der Waals surface area contributed by atoms with E-state index in [2.05, 4.69) is 25.3 Å². The van der Waals surface area contributed by atoms with Gasteiger partial charge in [0.25, 0.3) is 0 Å². The Hall–Kier alpha value is -2.11. The first-order chi connectivity index (χ1) is 7.88. The maximum absolute atomic E-state index is 5.27. The van der Waals surface area contributed by atoms with E-state index in [0.717, 1.165) is 5.69 Å². The summed E-state index contributed by atoms with van der Waals surface area (Å²) in [5.74, 6) is 1.12. The van der Waals surface area contributed by atoms with Crippen LogP contribution >= 0.6 is 0 Å². The van der Waals surface area contributed by atoms with Crippen LogP contribution in [0.15, 0.2) is 24.8 Å². The number of ether oxygens (including phenoxy) is 1. The molecule has 0 fully saturated rings. The lowest BCUT2D eigenvalue weighted by molar-refractivity contribution is 0.326. The van der Waals surface area contributed by atoms with E-state index in [9.17, 15) is 0 Å². The summed E-state index contributed by atoms with van der Waals surface area (Å²) in [6, 6.07) is 1.73. The lowest BCUT2D eigenvalue weighted by Gasteiger charge is -2.05. The van der Waals surface area contributed by atoms with Crippen molar-refractivity contribution in [3.63, 3.8) is 0 Å². The molecule has 2 rings (SSSR count). The number of hydrogen-bond acceptors (Lipinski definition) is 5. The zero-order valence-electron chi connectivity index (χ0n) is 8.97. The number of aromatic nitrogens is 4. The predicted octanol–water partition coefficient (Wildman–Crippen LogP) is 1.21. The van der Waals surface area contributed by atoms with Crippen LogP contribution in [-0.4, -0.2) is 26.5 Å². The zero-order chi connectivity index (χ0) is 11.2. The Labute approximate surface area is 93.1 Å². The predicted molar refractivity (Wildman–Crippen MR) is 59.1 cm³/mol. The smallest absolute Gasteiger partial charge is 0.226 e. The van der Waals surface area contributed by atoms with E-state index in [4.69, 9.17) is 4.74 Å². The Morgan fingerprint density at radius 1 is 1.50 bits per heavy atom. The first-order valence-electron chi connectivity index (χ1n) is 5.05. The maximum Gasteiger partial charge on any atom is 0.226 e. The number of H-pyrrole nitrogens is 1. The molecule has 0 bridgehead atoms. The topological polar surface area (TPSA) is 75.7 Å². The second kappa shape index (κ2) is 5.11. The molecule has 0 aliphatic heterocycles. The van der Waals surface area contributed by atoms with Gasteiger partial charge in [0.1, 0.15) is 0 Å².